The van der Waals surface area contributed by atoms with E-state index in [9.17, 15) is 14.0 Å². The molecule has 34 heavy (non-hydrogen) atoms. The fourth-order valence-electron chi connectivity index (χ4n) is 2.86. The van der Waals surface area contributed by atoms with E-state index in [0.717, 1.165) is 12.8 Å². The van der Waals surface area contributed by atoms with E-state index >= 15 is 0 Å². The minimum absolute atomic E-state index is 0.239. The van der Waals surface area contributed by atoms with Gasteiger partial charge in [-0.3, -0.25) is 4.79 Å². The van der Waals surface area contributed by atoms with Crippen molar-refractivity contribution >= 4 is 18.1 Å². The molecule has 0 unspecified atom stereocenters. The van der Waals surface area contributed by atoms with Crippen molar-refractivity contribution < 1.29 is 28.2 Å². The summed E-state index contributed by atoms with van der Waals surface area (Å²) < 4.78 is 29.4. The average Bonchev–Trinajstić information content (AvgIpc) is 2.85. The van der Waals surface area contributed by atoms with Crippen LogP contribution in [-0.4, -0.2) is 31.8 Å². The summed E-state index contributed by atoms with van der Waals surface area (Å²) in [4.78, 5) is 24.6. The average molecular weight is 464 g/mol. The van der Waals surface area contributed by atoms with Crippen LogP contribution in [0.5, 0.6) is 17.2 Å². The number of esters is 1. The van der Waals surface area contributed by atoms with Crippen LogP contribution in [0.4, 0.5) is 4.39 Å². The van der Waals surface area contributed by atoms with E-state index in [4.69, 9.17) is 14.2 Å². The van der Waals surface area contributed by atoms with Crippen molar-refractivity contribution in [3.63, 3.8) is 0 Å². The molecule has 1 N–H and O–H groups in total. The smallest absolute Gasteiger partial charge is 0.343 e. The molecule has 1 amide bonds. The first-order chi connectivity index (χ1) is 16.5. The highest BCUT2D eigenvalue weighted by Gasteiger charge is 2.13. The maximum absolute atomic E-state index is 13.0. The lowest BCUT2D eigenvalue weighted by Crippen LogP contribution is -2.17. The van der Waals surface area contributed by atoms with Gasteiger partial charge in [-0.25, -0.2) is 14.6 Å². The number of ether oxygens (including phenoxy) is 3. The van der Waals surface area contributed by atoms with Crippen molar-refractivity contribution in [2.24, 2.45) is 5.10 Å². The molecule has 0 aliphatic heterocycles. The van der Waals surface area contributed by atoms with E-state index in [0.29, 0.717) is 29.2 Å². The summed E-state index contributed by atoms with van der Waals surface area (Å²) in [6.45, 7) is 2.72. The van der Waals surface area contributed by atoms with Crippen LogP contribution in [0.25, 0.3) is 0 Å². The van der Waals surface area contributed by atoms with E-state index in [2.05, 4.69) is 17.5 Å². The van der Waals surface area contributed by atoms with Gasteiger partial charge in [0.25, 0.3) is 5.91 Å². The van der Waals surface area contributed by atoms with Crippen molar-refractivity contribution in [3.8, 4) is 17.2 Å². The summed E-state index contributed by atoms with van der Waals surface area (Å²) in [6.07, 6.45) is 3.42. The molecule has 7 nitrogen and oxygen atoms in total. The molecule has 8 heteroatoms. The molecule has 0 bridgehead atoms. The normalized spacial score (nSPS) is 10.7. The van der Waals surface area contributed by atoms with Gasteiger partial charge in [0.1, 0.15) is 11.6 Å². The van der Waals surface area contributed by atoms with Gasteiger partial charge in [0.2, 0.25) is 0 Å². The van der Waals surface area contributed by atoms with Gasteiger partial charge in [-0.2, -0.15) is 5.10 Å². The Bertz CT molecular complexity index is 1140. The Morgan fingerprint density at radius 2 is 1.68 bits per heavy atom. The third-order valence-electron chi connectivity index (χ3n) is 4.73. The van der Waals surface area contributed by atoms with Crippen LogP contribution in [0.15, 0.2) is 71.8 Å². The van der Waals surface area contributed by atoms with E-state index in [1.54, 1.807) is 42.5 Å². The monoisotopic (exact) mass is 464 g/mol. The van der Waals surface area contributed by atoms with Crippen LogP contribution >= 0.6 is 0 Å². The van der Waals surface area contributed by atoms with Crippen molar-refractivity contribution in [3.05, 3.63) is 89.2 Å². The van der Waals surface area contributed by atoms with Crippen LogP contribution in [0, 0.1) is 5.82 Å². The molecule has 0 fully saturated rings. The molecule has 0 saturated heterocycles. The molecule has 0 aromatic heterocycles. The summed E-state index contributed by atoms with van der Waals surface area (Å²) in [7, 11) is 1.45. The number of nitrogens with one attached hydrogen (secondary N) is 1. The second kappa shape index (κ2) is 12.2. The number of nitrogens with zero attached hydrogens (tertiary/aromatic N) is 1. The Kier molecular flexibility index (Phi) is 8.73. The largest absolute Gasteiger partial charge is 0.494 e. The van der Waals surface area contributed by atoms with Gasteiger partial charge in [-0.05, 0) is 78.7 Å². The number of amides is 1. The lowest BCUT2D eigenvalue weighted by atomic mass is 10.2. The Morgan fingerprint density at radius 3 is 2.35 bits per heavy atom. The number of hydrazone groups is 1. The molecular weight excluding hydrogens is 439 g/mol. The lowest BCUT2D eigenvalue weighted by molar-refractivity contribution is 0.0729. The van der Waals surface area contributed by atoms with Crippen molar-refractivity contribution in [1.29, 1.82) is 0 Å². The van der Waals surface area contributed by atoms with Crippen LogP contribution in [0.3, 0.4) is 0 Å². The molecule has 176 valence electrons. The van der Waals surface area contributed by atoms with Gasteiger partial charge in [0.15, 0.2) is 11.5 Å². The minimum atomic E-state index is -0.536. The van der Waals surface area contributed by atoms with Crippen LogP contribution in [0.2, 0.25) is 0 Å². The number of rotatable bonds is 10. The summed E-state index contributed by atoms with van der Waals surface area (Å²) in [5.74, 6) is -0.189. The van der Waals surface area contributed by atoms with Crippen LogP contribution in [-0.2, 0) is 0 Å². The number of unbranched alkanes of at least 4 members (excludes halogenated alkanes) is 1. The number of hydrogen-bond donors (Lipinski definition) is 1. The van der Waals surface area contributed by atoms with E-state index in [-0.39, 0.29) is 11.3 Å². The Labute approximate surface area is 197 Å². The van der Waals surface area contributed by atoms with Crippen molar-refractivity contribution in [2.75, 3.05) is 13.7 Å². The number of carbonyl (C=O) groups is 2. The zero-order chi connectivity index (χ0) is 24.3. The van der Waals surface area contributed by atoms with E-state index in [1.165, 1.54) is 37.6 Å². The fraction of sp³-hybridized carbons (Fsp3) is 0.192. The number of hydrogen-bond acceptors (Lipinski definition) is 6. The molecule has 0 radical (unpaired) electrons. The molecule has 0 aliphatic rings. The van der Waals surface area contributed by atoms with E-state index < -0.39 is 17.7 Å². The highest BCUT2D eigenvalue weighted by molar-refractivity contribution is 5.95. The molecule has 3 rings (SSSR count). The molecule has 0 aliphatic carbocycles. The van der Waals surface area contributed by atoms with Crippen molar-refractivity contribution in [1.82, 2.24) is 5.43 Å². The predicted molar refractivity (Wildman–Crippen MR) is 126 cm³/mol. The quantitative estimate of drug-likeness (QED) is 0.150. The maximum atomic E-state index is 13.0. The number of carbonyl (C=O) groups excluding carboxylic acids is 2. The van der Waals surface area contributed by atoms with Gasteiger partial charge >= 0.3 is 5.97 Å². The standard InChI is InChI=1S/C26H25FN2O5/c1-3-4-15-33-22-12-8-20(9-13-22)26(31)34-23-14-5-18(16-24(23)32-2)17-28-29-25(30)19-6-10-21(27)11-7-19/h5-14,16-17H,3-4,15H2,1-2H3,(H,29,30). The summed E-state index contributed by atoms with van der Waals surface area (Å²) >= 11 is 0. The highest BCUT2D eigenvalue weighted by Crippen LogP contribution is 2.28. The highest BCUT2D eigenvalue weighted by atomic mass is 19.1. The fourth-order valence-corrected chi connectivity index (χ4v) is 2.86. The number of methoxy groups -OCH3 is 1. The first-order valence-electron chi connectivity index (χ1n) is 10.7. The van der Waals surface area contributed by atoms with Gasteiger partial charge in [-0.1, -0.05) is 13.3 Å². The van der Waals surface area contributed by atoms with Gasteiger partial charge < -0.3 is 14.2 Å². The molecular formula is C26H25FN2O5. The molecule has 0 atom stereocenters. The molecule has 3 aromatic rings. The second-order valence-corrected chi connectivity index (χ2v) is 7.23. The van der Waals surface area contributed by atoms with E-state index in [1.807, 2.05) is 0 Å². The van der Waals surface area contributed by atoms with Gasteiger partial charge in [0, 0.05) is 5.56 Å². The Balaban J connectivity index is 1.60. The second-order valence-electron chi connectivity index (χ2n) is 7.23. The SMILES string of the molecule is CCCCOc1ccc(C(=O)Oc2ccc(C=NNC(=O)c3ccc(F)cc3)cc2OC)cc1. The summed E-state index contributed by atoms with van der Waals surface area (Å²) in [5, 5.41) is 3.90. The Hall–Kier alpha value is -4.20. The number of benzene rings is 3. The van der Waals surface area contributed by atoms with Crippen LogP contribution < -0.4 is 19.6 Å². The maximum Gasteiger partial charge on any atom is 0.343 e. The minimum Gasteiger partial charge on any atom is -0.494 e. The zero-order valence-electron chi connectivity index (χ0n) is 18.9. The predicted octanol–water partition coefficient (Wildman–Crippen LogP) is 5.00. The molecule has 3 aromatic carbocycles. The molecule has 0 heterocycles. The van der Waals surface area contributed by atoms with Crippen LogP contribution in [0.1, 0.15) is 46.0 Å². The third kappa shape index (κ3) is 6.90. The molecule has 0 saturated carbocycles. The third-order valence-corrected chi connectivity index (χ3v) is 4.73. The topological polar surface area (TPSA) is 86.2 Å². The summed E-state index contributed by atoms with van der Waals surface area (Å²) in [5.41, 5.74) is 3.62. The first-order valence-corrected chi connectivity index (χ1v) is 10.7. The van der Waals surface area contributed by atoms with Gasteiger partial charge in [-0.15, -0.1) is 0 Å². The Morgan fingerprint density at radius 1 is 0.971 bits per heavy atom. The van der Waals surface area contributed by atoms with Crippen molar-refractivity contribution in [2.45, 2.75) is 19.8 Å². The first kappa shape index (κ1) is 24.4. The van der Waals surface area contributed by atoms with Gasteiger partial charge in [0.05, 0.1) is 25.5 Å². The summed E-state index contributed by atoms with van der Waals surface area (Å²) in [6, 6.07) is 16.7. The number of halogens is 1. The zero-order valence-corrected chi connectivity index (χ0v) is 18.9. The lowest BCUT2D eigenvalue weighted by Gasteiger charge is -2.10. The molecule has 0 spiro atoms.